The number of halogens is 2. The summed E-state index contributed by atoms with van der Waals surface area (Å²) in [7, 11) is 0. The first-order valence-electron chi connectivity index (χ1n) is 6.98. The summed E-state index contributed by atoms with van der Waals surface area (Å²) in [5, 5.41) is 0. The number of nitrogens with zero attached hydrogens (tertiary/aromatic N) is 2. The van der Waals surface area contributed by atoms with Crippen molar-refractivity contribution in [3.8, 4) is 17.0 Å². The third-order valence-corrected chi connectivity index (χ3v) is 3.85. The lowest BCUT2D eigenvalue weighted by Gasteiger charge is -2.20. The summed E-state index contributed by atoms with van der Waals surface area (Å²) in [6, 6.07) is 6.61. The van der Waals surface area contributed by atoms with Crippen LogP contribution in [-0.2, 0) is 6.54 Å². The Morgan fingerprint density at radius 1 is 1.38 bits per heavy atom. The van der Waals surface area contributed by atoms with Gasteiger partial charge in [-0.05, 0) is 25.0 Å². The highest BCUT2D eigenvalue weighted by Crippen LogP contribution is 2.38. The minimum atomic E-state index is -2.87. The molecule has 0 saturated carbocycles. The quantitative estimate of drug-likeness (QED) is 0.940. The maximum absolute atomic E-state index is 12.5. The van der Waals surface area contributed by atoms with Crippen LogP contribution in [0.25, 0.3) is 11.3 Å². The molecule has 2 N–H and O–H groups in total. The molecular formula is C15H17F2N3O. The number of para-hydroxylation sites is 1. The van der Waals surface area contributed by atoms with E-state index in [-0.39, 0.29) is 5.75 Å². The van der Waals surface area contributed by atoms with Crippen LogP contribution in [-0.4, -0.2) is 16.2 Å². The lowest BCUT2D eigenvalue weighted by Crippen LogP contribution is -2.15. The van der Waals surface area contributed by atoms with Crippen molar-refractivity contribution in [2.45, 2.75) is 38.8 Å². The number of hydrogen-bond donors (Lipinski definition) is 1. The second-order valence-corrected chi connectivity index (χ2v) is 5.27. The van der Waals surface area contributed by atoms with Crippen molar-refractivity contribution < 1.29 is 13.5 Å². The number of benzene rings is 1. The second kappa shape index (κ2) is 5.35. The van der Waals surface area contributed by atoms with E-state index in [1.165, 1.54) is 6.07 Å². The highest BCUT2D eigenvalue weighted by molar-refractivity contribution is 5.76. The van der Waals surface area contributed by atoms with Crippen molar-refractivity contribution in [1.82, 2.24) is 9.55 Å². The van der Waals surface area contributed by atoms with Gasteiger partial charge in [-0.25, -0.2) is 4.98 Å². The maximum Gasteiger partial charge on any atom is 0.387 e. The first-order valence-corrected chi connectivity index (χ1v) is 6.98. The molecule has 0 radical (unpaired) electrons. The standard InChI is InChI=1S/C15H17F2N3O/c1-9-5-4-8-20-13(18)12(19-14(9)20)10-6-2-3-7-11(10)21-15(16)17/h2-3,6-7,9,15H,4-5,8,18H2,1H3. The van der Waals surface area contributed by atoms with Gasteiger partial charge in [0.15, 0.2) is 0 Å². The van der Waals surface area contributed by atoms with Crippen LogP contribution < -0.4 is 10.5 Å². The Bertz CT molecular complexity index is 654. The van der Waals surface area contributed by atoms with Crippen LogP contribution in [0.4, 0.5) is 14.6 Å². The molecule has 2 heterocycles. The second-order valence-electron chi connectivity index (χ2n) is 5.27. The average molecular weight is 293 g/mol. The summed E-state index contributed by atoms with van der Waals surface area (Å²) >= 11 is 0. The molecule has 0 saturated heterocycles. The molecule has 1 aliphatic heterocycles. The van der Waals surface area contributed by atoms with Gasteiger partial charge in [-0.3, -0.25) is 0 Å². The molecule has 21 heavy (non-hydrogen) atoms. The molecule has 4 nitrogen and oxygen atoms in total. The van der Waals surface area contributed by atoms with E-state index in [0.29, 0.717) is 23.0 Å². The minimum absolute atomic E-state index is 0.0994. The topological polar surface area (TPSA) is 53.1 Å². The Labute approximate surface area is 121 Å². The van der Waals surface area contributed by atoms with E-state index in [0.717, 1.165) is 25.2 Å². The first kappa shape index (κ1) is 13.9. The van der Waals surface area contributed by atoms with Crippen molar-refractivity contribution in [2.24, 2.45) is 0 Å². The number of ether oxygens (including phenoxy) is 1. The van der Waals surface area contributed by atoms with Crippen LogP contribution in [0.15, 0.2) is 24.3 Å². The lowest BCUT2D eigenvalue weighted by molar-refractivity contribution is -0.0494. The Hall–Kier alpha value is -2.11. The van der Waals surface area contributed by atoms with E-state index in [4.69, 9.17) is 5.73 Å². The predicted octanol–water partition coefficient (Wildman–Crippen LogP) is 3.63. The Morgan fingerprint density at radius 2 is 2.14 bits per heavy atom. The Morgan fingerprint density at radius 3 is 2.86 bits per heavy atom. The summed E-state index contributed by atoms with van der Waals surface area (Å²) in [6.07, 6.45) is 2.11. The number of rotatable bonds is 3. The number of imidazole rings is 1. The fourth-order valence-corrected chi connectivity index (χ4v) is 2.84. The monoisotopic (exact) mass is 293 g/mol. The number of alkyl halides is 2. The van der Waals surface area contributed by atoms with E-state index in [1.807, 2.05) is 4.57 Å². The van der Waals surface area contributed by atoms with Crippen LogP contribution in [0, 0.1) is 0 Å². The van der Waals surface area contributed by atoms with E-state index in [1.54, 1.807) is 18.2 Å². The van der Waals surface area contributed by atoms with Gasteiger partial charge in [0.05, 0.1) is 0 Å². The molecule has 0 spiro atoms. The number of nitrogens with two attached hydrogens (primary N) is 1. The average Bonchev–Trinajstić information content (AvgIpc) is 2.78. The van der Waals surface area contributed by atoms with Crippen LogP contribution >= 0.6 is 0 Å². The highest BCUT2D eigenvalue weighted by Gasteiger charge is 2.25. The molecule has 0 bridgehead atoms. The zero-order chi connectivity index (χ0) is 15.0. The van der Waals surface area contributed by atoms with Gasteiger partial charge in [-0.15, -0.1) is 0 Å². The Kier molecular flexibility index (Phi) is 3.53. The molecule has 2 aromatic rings. The Balaban J connectivity index is 2.09. The molecule has 6 heteroatoms. The maximum atomic E-state index is 12.5. The van der Waals surface area contributed by atoms with Gasteiger partial charge in [-0.1, -0.05) is 19.1 Å². The summed E-state index contributed by atoms with van der Waals surface area (Å²) in [5.74, 6) is 1.85. The van der Waals surface area contributed by atoms with Gasteiger partial charge in [0.25, 0.3) is 0 Å². The normalized spacial score (nSPS) is 17.8. The zero-order valence-corrected chi connectivity index (χ0v) is 11.7. The van der Waals surface area contributed by atoms with Crippen molar-refractivity contribution in [3.05, 3.63) is 30.1 Å². The van der Waals surface area contributed by atoms with Gasteiger partial charge in [-0.2, -0.15) is 8.78 Å². The van der Waals surface area contributed by atoms with Crippen molar-refractivity contribution in [3.63, 3.8) is 0 Å². The summed E-state index contributed by atoms with van der Waals surface area (Å²) < 4.78 is 31.6. The summed E-state index contributed by atoms with van der Waals surface area (Å²) in [5.41, 5.74) is 7.20. The molecule has 112 valence electrons. The lowest BCUT2D eigenvalue weighted by atomic mass is 10.0. The summed E-state index contributed by atoms with van der Waals surface area (Å²) in [4.78, 5) is 4.58. The van der Waals surface area contributed by atoms with Crippen molar-refractivity contribution in [1.29, 1.82) is 0 Å². The van der Waals surface area contributed by atoms with Gasteiger partial charge in [0.2, 0.25) is 0 Å². The van der Waals surface area contributed by atoms with Crippen molar-refractivity contribution >= 4 is 5.82 Å². The van der Waals surface area contributed by atoms with E-state index in [9.17, 15) is 8.78 Å². The third kappa shape index (κ3) is 2.46. The largest absolute Gasteiger partial charge is 0.434 e. The molecule has 1 aromatic heterocycles. The molecule has 1 atom stereocenters. The molecule has 1 aromatic carbocycles. The highest BCUT2D eigenvalue weighted by atomic mass is 19.3. The number of aromatic nitrogens is 2. The molecule has 1 unspecified atom stereocenters. The van der Waals surface area contributed by atoms with Crippen LogP contribution in [0.3, 0.4) is 0 Å². The molecule has 0 fully saturated rings. The van der Waals surface area contributed by atoms with Gasteiger partial charge < -0.3 is 15.0 Å². The minimum Gasteiger partial charge on any atom is -0.434 e. The number of anilines is 1. The molecule has 0 amide bonds. The van der Waals surface area contributed by atoms with Gasteiger partial charge in [0, 0.05) is 18.0 Å². The number of nitrogen functional groups attached to an aromatic ring is 1. The van der Waals surface area contributed by atoms with Crippen molar-refractivity contribution in [2.75, 3.05) is 5.73 Å². The third-order valence-electron chi connectivity index (χ3n) is 3.85. The summed E-state index contributed by atoms with van der Waals surface area (Å²) in [6.45, 7) is 0.0441. The van der Waals surface area contributed by atoms with E-state index < -0.39 is 6.61 Å². The SMILES string of the molecule is CC1CCCn2c1nc(-c1ccccc1OC(F)F)c2N. The van der Waals surface area contributed by atoms with Crippen LogP contribution in [0.1, 0.15) is 31.5 Å². The van der Waals surface area contributed by atoms with Crippen LogP contribution in [0.2, 0.25) is 0 Å². The first-order chi connectivity index (χ1) is 10.1. The molecule has 0 aliphatic carbocycles. The predicted molar refractivity (Wildman–Crippen MR) is 76.4 cm³/mol. The fraction of sp³-hybridized carbons (Fsp3) is 0.400. The van der Waals surface area contributed by atoms with E-state index >= 15 is 0 Å². The van der Waals surface area contributed by atoms with Crippen LogP contribution in [0.5, 0.6) is 5.75 Å². The molecule has 3 rings (SSSR count). The van der Waals surface area contributed by atoms with Gasteiger partial charge in [0.1, 0.15) is 23.1 Å². The van der Waals surface area contributed by atoms with Gasteiger partial charge >= 0.3 is 6.61 Å². The smallest absolute Gasteiger partial charge is 0.387 e. The number of fused-ring (bicyclic) bond motifs is 1. The van der Waals surface area contributed by atoms with E-state index in [2.05, 4.69) is 16.6 Å². The fourth-order valence-electron chi connectivity index (χ4n) is 2.84. The zero-order valence-electron chi connectivity index (χ0n) is 11.7. The molecular weight excluding hydrogens is 276 g/mol. The molecule has 1 aliphatic rings. The number of hydrogen-bond acceptors (Lipinski definition) is 3.